The Labute approximate surface area is 54.9 Å². The predicted octanol–water partition coefficient (Wildman–Crippen LogP) is 1.87. The van der Waals surface area contributed by atoms with Gasteiger partial charge in [0.1, 0.15) is 0 Å². The van der Waals surface area contributed by atoms with Gasteiger partial charge in [-0.15, -0.1) is 0 Å². The molecule has 46 valence electrons. The minimum Gasteiger partial charge on any atom is -0.324 e. The van der Waals surface area contributed by atoms with Crippen LogP contribution in [0.2, 0.25) is 0 Å². The summed E-state index contributed by atoms with van der Waals surface area (Å²) in [5, 5.41) is 0. The normalized spacial score (nSPS) is 19.4. The molecule has 0 N–H and O–H groups in total. The van der Waals surface area contributed by atoms with Crippen LogP contribution in [-0.4, -0.2) is 17.1 Å². The topological polar surface area (TPSA) is 3.24 Å². The Hall–Kier alpha value is -0.110. The van der Waals surface area contributed by atoms with Gasteiger partial charge in [0, 0.05) is 19.0 Å². The Balaban J connectivity index is 2.32. The number of rotatable bonds is 1. The Bertz CT molecular complexity index is 90.5. The van der Waals surface area contributed by atoms with Gasteiger partial charge < -0.3 is 4.31 Å². The van der Waals surface area contributed by atoms with E-state index in [2.05, 4.69) is 22.8 Å². The van der Waals surface area contributed by atoms with Crippen molar-refractivity contribution in [1.29, 1.82) is 0 Å². The van der Waals surface area contributed by atoms with Crippen LogP contribution in [0.4, 0.5) is 0 Å². The van der Waals surface area contributed by atoms with Gasteiger partial charge in [0.15, 0.2) is 0 Å². The molecule has 1 aliphatic heterocycles. The maximum absolute atomic E-state index is 2.25. The van der Waals surface area contributed by atoms with Crippen molar-refractivity contribution < 1.29 is 0 Å². The quantitative estimate of drug-likeness (QED) is 0.497. The summed E-state index contributed by atoms with van der Waals surface area (Å²) in [4.78, 5) is 0. The minimum atomic E-state index is 1.22. The van der Waals surface area contributed by atoms with Gasteiger partial charge in [-0.05, 0) is 12.8 Å². The third-order valence-electron chi connectivity index (χ3n) is 1.26. The number of nitrogens with zero attached hydrogens (tertiary/aromatic N) is 1. The average Bonchev–Trinajstić information content (AvgIpc) is 1.90. The van der Waals surface area contributed by atoms with Crippen LogP contribution < -0.4 is 0 Å². The first-order chi connectivity index (χ1) is 3.93. The first-order valence-electron chi connectivity index (χ1n) is 2.91. The fourth-order valence-electron chi connectivity index (χ4n) is 0.784. The SMILES string of the molecule is CSN1C=CCCC1. The Morgan fingerprint density at radius 1 is 1.62 bits per heavy atom. The highest BCUT2D eigenvalue weighted by Gasteiger charge is 1.98. The fourth-order valence-corrected chi connectivity index (χ4v) is 1.30. The molecule has 0 aromatic rings. The molecule has 1 heterocycles. The first-order valence-corrected chi connectivity index (χ1v) is 4.09. The summed E-state index contributed by atoms with van der Waals surface area (Å²) >= 11 is 1.79. The second kappa shape index (κ2) is 3.02. The van der Waals surface area contributed by atoms with E-state index in [1.54, 1.807) is 11.9 Å². The van der Waals surface area contributed by atoms with E-state index in [9.17, 15) is 0 Å². The summed E-state index contributed by atoms with van der Waals surface area (Å²) in [6, 6.07) is 0. The van der Waals surface area contributed by atoms with Crippen molar-refractivity contribution in [2.45, 2.75) is 12.8 Å². The van der Waals surface area contributed by atoms with Gasteiger partial charge in [-0.2, -0.15) is 0 Å². The van der Waals surface area contributed by atoms with Gasteiger partial charge in [0.05, 0.1) is 0 Å². The van der Waals surface area contributed by atoms with Crippen molar-refractivity contribution in [3.05, 3.63) is 12.3 Å². The molecule has 0 saturated heterocycles. The number of hydrogen-bond donors (Lipinski definition) is 0. The monoisotopic (exact) mass is 129 g/mol. The van der Waals surface area contributed by atoms with Crippen LogP contribution in [-0.2, 0) is 0 Å². The summed E-state index contributed by atoms with van der Waals surface area (Å²) in [5.41, 5.74) is 0. The van der Waals surface area contributed by atoms with Gasteiger partial charge in [-0.1, -0.05) is 18.0 Å². The zero-order valence-electron chi connectivity index (χ0n) is 5.13. The van der Waals surface area contributed by atoms with Crippen LogP contribution in [0.3, 0.4) is 0 Å². The van der Waals surface area contributed by atoms with E-state index < -0.39 is 0 Å². The molecule has 1 nitrogen and oxygen atoms in total. The third kappa shape index (κ3) is 1.44. The van der Waals surface area contributed by atoms with Crippen LogP contribution >= 0.6 is 11.9 Å². The van der Waals surface area contributed by atoms with Gasteiger partial charge in [0.2, 0.25) is 0 Å². The molecule has 0 fully saturated rings. The molecule has 0 spiro atoms. The molecule has 0 unspecified atom stereocenters. The Kier molecular flexibility index (Phi) is 2.27. The molecule has 0 aliphatic carbocycles. The van der Waals surface area contributed by atoms with Gasteiger partial charge in [-0.25, -0.2) is 0 Å². The first kappa shape index (κ1) is 6.02. The highest BCUT2D eigenvalue weighted by atomic mass is 32.2. The van der Waals surface area contributed by atoms with Gasteiger partial charge >= 0.3 is 0 Å². The molecule has 0 saturated carbocycles. The highest BCUT2D eigenvalue weighted by molar-refractivity contribution is 7.96. The molecule has 0 amide bonds. The molecule has 0 atom stereocenters. The van der Waals surface area contributed by atoms with E-state index in [0.717, 1.165) is 0 Å². The summed E-state index contributed by atoms with van der Waals surface area (Å²) < 4.78 is 2.25. The second-order valence-electron chi connectivity index (χ2n) is 1.85. The van der Waals surface area contributed by atoms with Gasteiger partial charge in [-0.3, -0.25) is 0 Å². The summed E-state index contributed by atoms with van der Waals surface area (Å²) in [7, 11) is 0. The maximum atomic E-state index is 2.25. The van der Waals surface area contributed by atoms with E-state index >= 15 is 0 Å². The standard InChI is InChI=1S/C6H11NS/c1-8-7-5-3-2-4-6-7/h3,5H,2,4,6H2,1H3. The lowest BCUT2D eigenvalue weighted by molar-refractivity contribution is 0.562. The lowest BCUT2D eigenvalue weighted by Gasteiger charge is -2.18. The van der Waals surface area contributed by atoms with E-state index in [0.29, 0.717) is 0 Å². The lowest BCUT2D eigenvalue weighted by Crippen LogP contribution is -2.11. The van der Waals surface area contributed by atoms with Crippen LogP contribution in [0.1, 0.15) is 12.8 Å². The molecule has 8 heavy (non-hydrogen) atoms. The summed E-state index contributed by atoms with van der Waals surface area (Å²) in [6.07, 6.45) is 9.07. The molecule has 1 aliphatic rings. The Morgan fingerprint density at radius 2 is 2.50 bits per heavy atom. The van der Waals surface area contributed by atoms with E-state index in [-0.39, 0.29) is 0 Å². The molecular weight excluding hydrogens is 118 g/mol. The number of hydrogen-bond acceptors (Lipinski definition) is 2. The van der Waals surface area contributed by atoms with Crippen molar-refractivity contribution in [3.8, 4) is 0 Å². The molecule has 0 bridgehead atoms. The fraction of sp³-hybridized carbons (Fsp3) is 0.667. The van der Waals surface area contributed by atoms with E-state index in [4.69, 9.17) is 0 Å². The largest absolute Gasteiger partial charge is 0.324 e. The lowest BCUT2D eigenvalue weighted by atomic mass is 10.2. The van der Waals surface area contributed by atoms with Crippen molar-refractivity contribution in [2.75, 3.05) is 12.8 Å². The van der Waals surface area contributed by atoms with Crippen LogP contribution in [0, 0.1) is 0 Å². The molecule has 2 heteroatoms. The second-order valence-corrected chi connectivity index (χ2v) is 2.68. The van der Waals surface area contributed by atoms with Crippen molar-refractivity contribution in [3.63, 3.8) is 0 Å². The van der Waals surface area contributed by atoms with Crippen LogP contribution in [0.5, 0.6) is 0 Å². The van der Waals surface area contributed by atoms with Crippen LogP contribution in [0.15, 0.2) is 12.3 Å². The highest BCUT2D eigenvalue weighted by Crippen LogP contribution is 2.12. The Morgan fingerprint density at radius 3 is 2.88 bits per heavy atom. The minimum absolute atomic E-state index is 1.22. The third-order valence-corrected chi connectivity index (χ3v) is 2.03. The molecular formula is C6H11NS. The van der Waals surface area contributed by atoms with E-state index in [1.807, 2.05) is 0 Å². The maximum Gasteiger partial charge on any atom is 0.0291 e. The summed E-state index contributed by atoms with van der Waals surface area (Å²) in [6.45, 7) is 1.22. The smallest absolute Gasteiger partial charge is 0.0291 e. The van der Waals surface area contributed by atoms with E-state index in [1.165, 1.54) is 19.4 Å². The van der Waals surface area contributed by atoms with Gasteiger partial charge in [0.25, 0.3) is 0 Å². The van der Waals surface area contributed by atoms with Crippen LogP contribution in [0.25, 0.3) is 0 Å². The van der Waals surface area contributed by atoms with Crippen molar-refractivity contribution >= 4 is 11.9 Å². The molecule has 0 aromatic heterocycles. The molecule has 1 rings (SSSR count). The zero-order valence-corrected chi connectivity index (χ0v) is 5.95. The molecule has 0 aromatic carbocycles. The van der Waals surface area contributed by atoms with Crippen molar-refractivity contribution in [1.82, 2.24) is 4.31 Å². The zero-order chi connectivity index (χ0) is 5.82. The molecule has 0 radical (unpaired) electrons. The number of allylic oxidation sites excluding steroid dienone is 1. The van der Waals surface area contributed by atoms with Crippen molar-refractivity contribution in [2.24, 2.45) is 0 Å². The predicted molar refractivity (Wildman–Crippen MR) is 38.6 cm³/mol. The summed E-state index contributed by atoms with van der Waals surface area (Å²) in [5.74, 6) is 0. The average molecular weight is 129 g/mol.